The summed E-state index contributed by atoms with van der Waals surface area (Å²) >= 11 is 5.88. The van der Waals surface area contributed by atoms with Crippen molar-refractivity contribution in [1.29, 1.82) is 0 Å². The molecule has 114 valence electrons. The number of nitrogens with zero attached hydrogens (tertiary/aromatic N) is 1. The van der Waals surface area contributed by atoms with Gasteiger partial charge in [-0.3, -0.25) is 0 Å². The summed E-state index contributed by atoms with van der Waals surface area (Å²) in [4.78, 5) is 3.78. The number of thiocarbonyl (C=S) groups is 1. The van der Waals surface area contributed by atoms with Crippen molar-refractivity contribution in [3.63, 3.8) is 0 Å². The van der Waals surface area contributed by atoms with Gasteiger partial charge in [0.25, 0.3) is 0 Å². The van der Waals surface area contributed by atoms with Gasteiger partial charge in [-0.1, -0.05) is 50.6 Å². The molecular weight excluding hydrogens is 261 g/mol. The zero-order valence-corrected chi connectivity index (χ0v) is 14.7. The Morgan fingerprint density at radius 2 is 1.90 bits per heavy atom. The van der Waals surface area contributed by atoms with E-state index in [4.69, 9.17) is 12.2 Å². The summed E-state index contributed by atoms with van der Waals surface area (Å²) in [5, 5.41) is 0. The van der Waals surface area contributed by atoms with E-state index < -0.39 is 0 Å². The number of rotatable bonds is 1. The third kappa shape index (κ3) is 3.99. The van der Waals surface area contributed by atoms with E-state index in [-0.39, 0.29) is 0 Å². The molecule has 4 atom stereocenters. The van der Waals surface area contributed by atoms with Gasteiger partial charge in [-0.25, -0.2) is 0 Å². The topological polar surface area (TPSA) is 3.24 Å². The predicted octanol–water partition coefficient (Wildman–Crippen LogP) is 4.07. The lowest BCUT2D eigenvalue weighted by atomic mass is 9.71. The van der Waals surface area contributed by atoms with Crippen LogP contribution in [0.2, 0.25) is 5.82 Å². The van der Waals surface area contributed by atoms with Crippen molar-refractivity contribution in [2.45, 2.75) is 77.6 Å². The summed E-state index contributed by atoms with van der Waals surface area (Å²) in [5.41, 5.74) is 0. The summed E-state index contributed by atoms with van der Waals surface area (Å²) in [7, 11) is 2.44. The van der Waals surface area contributed by atoms with Crippen LogP contribution in [0.15, 0.2) is 0 Å². The molecule has 0 bridgehead atoms. The van der Waals surface area contributed by atoms with Crippen LogP contribution in [0.4, 0.5) is 0 Å². The zero-order valence-electron chi connectivity index (χ0n) is 13.9. The summed E-state index contributed by atoms with van der Waals surface area (Å²) in [6.07, 6.45) is 9.74. The number of fused-ring (bicyclic) bond motifs is 1. The maximum absolute atomic E-state index is 5.88. The average Bonchev–Trinajstić information content (AvgIpc) is 2.39. The molecule has 0 aromatic carbocycles. The first-order chi connectivity index (χ1) is 9.49. The molecule has 1 nitrogen and oxygen atoms in total. The van der Waals surface area contributed by atoms with Crippen LogP contribution in [0.3, 0.4) is 0 Å². The monoisotopic (exact) mass is 293 g/mol. The van der Waals surface area contributed by atoms with E-state index >= 15 is 0 Å². The Morgan fingerprint density at radius 1 is 1.15 bits per heavy atom. The van der Waals surface area contributed by atoms with Crippen molar-refractivity contribution in [3.8, 4) is 0 Å². The first-order valence-electron chi connectivity index (χ1n) is 8.79. The van der Waals surface area contributed by atoms with E-state index in [1.54, 1.807) is 0 Å². The lowest BCUT2D eigenvalue weighted by Gasteiger charge is -2.44. The van der Waals surface area contributed by atoms with E-state index in [0.717, 1.165) is 17.7 Å². The number of piperidine rings is 1. The van der Waals surface area contributed by atoms with Gasteiger partial charge in [0.15, 0.2) is 0 Å². The smallest absolute Gasteiger partial charge is 0.105 e. The van der Waals surface area contributed by atoms with Crippen LogP contribution in [0.1, 0.15) is 65.7 Å². The van der Waals surface area contributed by atoms with Crippen LogP contribution in [0, 0.1) is 17.8 Å². The van der Waals surface area contributed by atoms with Gasteiger partial charge in [0.05, 0.1) is 4.99 Å². The molecule has 1 saturated heterocycles. The highest BCUT2D eigenvalue weighted by atomic mass is 32.1. The fourth-order valence-corrected chi connectivity index (χ4v) is 4.83. The van der Waals surface area contributed by atoms with Gasteiger partial charge >= 0.3 is 0 Å². The second kappa shape index (κ2) is 7.29. The van der Waals surface area contributed by atoms with Gasteiger partial charge in [-0.15, -0.1) is 0 Å². The Balaban J connectivity index is 2.08. The van der Waals surface area contributed by atoms with E-state index in [2.05, 4.69) is 33.5 Å². The van der Waals surface area contributed by atoms with E-state index in [1.165, 1.54) is 56.5 Å². The van der Waals surface area contributed by atoms with Crippen LogP contribution in [0.5, 0.6) is 0 Å². The van der Waals surface area contributed by atoms with Crippen molar-refractivity contribution in [3.05, 3.63) is 0 Å². The molecule has 0 spiro atoms. The van der Waals surface area contributed by atoms with Gasteiger partial charge in [-0.05, 0) is 44.9 Å². The van der Waals surface area contributed by atoms with Crippen LogP contribution in [-0.2, 0) is 0 Å². The van der Waals surface area contributed by atoms with Crippen molar-refractivity contribution < 1.29 is 0 Å². The summed E-state index contributed by atoms with van der Waals surface area (Å²) in [6.45, 7) is 8.24. The molecule has 4 unspecified atom stereocenters. The van der Waals surface area contributed by atoms with Gasteiger partial charge in [-0.2, -0.15) is 0 Å². The minimum atomic E-state index is 0.579. The van der Waals surface area contributed by atoms with Crippen LogP contribution < -0.4 is 0 Å². The Labute approximate surface area is 132 Å². The summed E-state index contributed by atoms with van der Waals surface area (Å²) in [6, 6.07) is 0.579. The van der Waals surface area contributed by atoms with Crippen molar-refractivity contribution >= 4 is 25.1 Å². The molecule has 20 heavy (non-hydrogen) atoms. The van der Waals surface area contributed by atoms with Crippen molar-refractivity contribution in [2.24, 2.45) is 17.8 Å². The van der Waals surface area contributed by atoms with Gasteiger partial charge in [0.1, 0.15) is 7.85 Å². The fourth-order valence-electron chi connectivity index (χ4n) is 4.22. The van der Waals surface area contributed by atoms with Crippen LogP contribution >= 0.6 is 12.2 Å². The summed E-state index contributed by atoms with van der Waals surface area (Å²) < 4.78 is 0. The molecule has 3 heteroatoms. The molecule has 1 saturated carbocycles. The second-order valence-corrected chi connectivity index (χ2v) is 8.15. The Kier molecular flexibility index (Phi) is 5.95. The third-order valence-corrected chi connectivity index (χ3v) is 6.14. The standard InChI is InChI=1S/C17H32BNS/c1-12(2)19-10-9-14-11-13(3)7-8-15(18)5-4-6-16(14)17(19)20/h12-16H,4-11,18H2,1-3H3. The molecule has 2 fully saturated rings. The SMILES string of the molecule is BC1CCCC2C(=S)N(C(C)C)CCC2CC(C)CC1. The molecule has 0 N–H and O–H groups in total. The lowest BCUT2D eigenvalue weighted by Crippen LogP contribution is -2.48. The molecule has 1 heterocycles. The van der Waals surface area contributed by atoms with Crippen LogP contribution in [0.25, 0.3) is 0 Å². The van der Waals surface area contributed by atoms with E-state index in [0.29, 0.717) is 12.0 Å². The largest absolute Gasteiger partial charge is 0.363 e. The molecule has 0 aromatic heterocycles. The Bertz CT molecular complexity index is 331. The number of likely N-dealkylation sites (tertiary alicyclic amines) is 1. The third-order valence-electron chi connectivity index (χ3n) is 5.60. The van der Waals surface area contributed by atoms with Crippen molar-refractivity contribution in [1.82, 2.24) is 4.90 Å². The highest BCUT2D eigenvalue weighted by Gasteiger charge is 2.35. The number of hydrogen-bond acceptors (Lipinski definition) is 1. The Morgan fingerprint density at radius 3 is 2.60 bits per heavy atom. The molecule has 2 rings (SSSR count). The molecule has 0 aromatic rings. The summed E-state index contributed by atoms with van der Waals surface area (Å²) in [5.74, 6) is 3.35. The van der Waals surface area contributed by atoms with Crippen LogP contribution in [-0.4, -0.2) is 30.3 Å². The maximum atomic E-state index is 5.88. The van der Waals surface area contributed by atoms with E-state index in [1.807, 2.05) is 0 Å². The van der Waals surface area contributed by atoms with Gasteiger partial charge in [0.2, 0.25) is 0 Å². The molecule has 0 radical (unpaired) electrons. The Hall–Kier alpha value is -0.0451. The average molecular weight is 293 g/mol. The zero-order chi connectivity index (χ0) is 14.7. The van der Waals surface area contributed by atoms with E-state index in [9.17, 15) is 0 Å². The minimum absolute atomic E-state index is 0.579. The molecule has 1 aliphatic carbocycles. The molecular formula is C17H32BNS. The number of hydrogen-bond donors (Lipinski definition) is 0. The van der Waals surface area contributed by atoms with Gasteiger partial charge in [0, 0.05) is 18.5 Å². The second-order valence-electron chi connectivity index (χ2n) is 7.73. The molecule has 0 amide bonds. The van der Waals surface area contributed by atoms with Crippen molar-refractivity contribution in [2.75, 3.05) is 6.54 Å². The molecule has 2 aliphatic rings. The lowest BCUT2D eigenvalue weighted by molar-refractivity contribution is 0.191. The minimum Gasteiger partial charge on any atom is -0.363 e. The first kappa shape index (κ1) is 16.3. The quantitative estimate of drug-likeness (QED) is 0.529. The maximum Gasteiger partial charge on any atom is 0.105 e. The first-order valence-corrected chi connectivity index (χ1v) is 9.20. The van der Waals surface area contributed by atoms with Gasteiger partial charge < -0.3 is 4.90 Å². The highest BCUT2D eigenvalue weighted by Crippen LogP contribution is 2.38. The predicted molar refractivity (Wildman–Crippen MR) is 95.2 cm³/mol. The highest BCUT2D eigenvalue weighted by molar-refractivity contribution is 7.80. The molecule has 1 aliphatic heterocycles. The fraction of sp³-hybridized carbons (Fsp3) is 0.941. The normalized spacial score (nSPS) is 36.8.